The summed E-state index contributed by atoms with van der Waals surface area (Å²) in [6, 6.07) is 12.8. The molecule has 228 valence electrons. The molecule has 0 spiro atoms. The van der Waals surface area contributed by atoms with Gasteiger partial charge in [0.15, 0.2) is 11.5 Å². The van der Waals surface area contributed by atoms with E-state index in [4.69, 9.17) is 9.47 Å². The van der Waals surface area contributed by atoms with Crippen molar-refractivity contribution in [3.05, 3.63) is 59.3 Å². The Bertz CT molecular complexity index is 1550. The highest BCUT2D eigenvalue weighted by Gasteiger charge is 2.48. The topological polar surface area (TPSA) is 133 Å². The molecule has 0 radical (unpaired) electrons. The first kappa shape index (κ1) is 29.9. The molecule has 0 saturated carbocycles. The van der Waals surface area contributed by atoms with Gasteiger partial charge in [0.2, 0.25) is 11.8 Å². The Labute approximate surface area is 250 Å². The standard InChI is InChI=1S/C32H39N5O6/c1-18(2)43-26-10-9-21(12-27(26)42-5)31(40)36-14-22-15-37(17-24(23(22)16-36)30(39)34-13-28(38)33-4)32(41)25-11-20-8-6-7-19(3)29(20)35-25/h6-12,18,22-24,35H,13-17H2,1-5H3,(H,33,38)(H,34,39). The monoisotopic (exact) mass is 589 g/mol. The van der Waals surface area contributed by atoms with Crippen LogP contribution in [0.2, 0.25) is 0 Å². The first-order valence-electron chi connectivity index (χ1n) is 14.6. The third kappa shape index (κ3) is 6.16. The lowest BCUT2D eigenvalue weighted by atomic mass is 9.79. The molecular weight excluding hydrogens is 550 g/mol. The molecule has 2 aliphatic rings. The van der Waals surface area contributed by atoms with Gasteiger partial charge in [-0.15, -0.1) is 0 Å². The molecule has 11 nitrogen and oxygen atoms in total. The Morgan fingerprint density at radius 2 is 1.72 bits per heavy atom. The molecule has 3 aromatic rings. The number of piperidine rings is 1. The summed E-state index contributed by atoms with van der Waals surface area (Å²) < 4.78 is 11.3. The van der Waals surface area contributed by atoms with Gasteiger partial charge in [-0.3, -0.25) is 19.2 Å². The van der Waals surface area contributed by atoms with Gasteiger partial charge in [-0.25, -0.2) is 0 Å². The zero-order valence-corrected chi connectivity index (χ0v) is 25.2. The molecule has 3 N–H and O–H groups in total. The number of nitrogens with one attached hydrogen (secondary N) is 3. The van der Waals surface area contributed by atoms with Crippen molar-refractivity contribution in [3.63, 3.8) is 0 Å². The number of carbonyl (C=O) groups excluding carboxylic acids is 4. The SMILES string of the molecule is CNC(=O)CNC(=O)C1CN(C(=O)c2cc3cccc(C)c3[nH]2)CC2CN(C(=O)c3ccc(OC(C)C)c(OC)c3)CC21. The summed E-state index contributed by atoms with van der Waals surface area (Å²) >= 11 is 0. The summed E-state index contributed by atoms with van der Waals surface area (Å²) in [5.41, 5.74) is 2.84. The highest BCUT2D eigenvalue weighted by molar-refractivity contribution is 5.99. The molecule has 11 heteroatoms. The van der Waals surface area contributed by atoms with E-state index in [0.29, 0.717) is 42.4 Å². The van der Waals surface area contributed by atoms with E-state index in [1.165, 1.54) is 14.2 Å². The van der Waals surface area contributed by atoms with Crippen molar-refractivity contribution in [2.45, 2.75) is 26.9 Å². The largest absolute Gasteiger partial charge is 0.493 e. The fraction of sp³-hybridized carbons (Fsp3) is 0.438. The van der Waals surface area contributed by atoms with Crippen LogP contribution in [0.4, 0.5) is 0 Å². The third-order valence-corrected chi connectivity index (χ3v) is 8.36. The number of H-pyrrole nitrogens is 1. The average Bonchev–Trinajstić information content (AvgIpc) is 3.64. The van der Waals surface area contributed by atoms with Crippen molar-refractivity contribution in [2.24, 2.45) is 17.8 Å². The number of fused-ring (bicyclic) bond motifs is 2. The van der Waals surface area contributed by atoms with Crippen molar-refractivity contribution in [3.8, 4) is 11.5 Å². The number of nitrogens with zero attached hydrogens (tertiary/aromatic N) is 2. The highest BCUT2D eigenvalue weighted by atomic mass is 16.5. The summed E-state index contributed by atoms with van der Waals surface area (Å²) in [6.45, 7) is 7.00. The van der Waals surface area contributed by atoms with Crippen LogP contribution in [0, 0.1) is 24.7 Å². The van der Waals surface area contributed by atoms with Gasteiger partial charge >= 0.3 is 0 Å². The molecule has 0 aliphatic carbocycles. The van der Waals surface area contributed by atoms with Crippen molar-refractivity contribution in [1.82, 2.24) is 25.4 Å². The van der Waals surface area contributed by atoms with E-state index in [0.717, 1.165) is 16.5 Å². The van der Waals surface area contributed by atoms with Crippen LogP contribution in [-0.4, -0.2) is 91.4 Å². The maximum absolute atomic E-state index is 13.8. The van der Waals surface area contributed by atoms with E-state index in [1.807, 2.05) is 45.0 Å². The molecular formula is C32H39N5O6. The first-order valence-corrected chi connectivity index (χ1v) is 14.6. The Balaban J connectivity index is 1.39. The number of aromatic amines is 1. The maximum Gasteiger partial charge on any atom is 0.270 e. The number of hydrogen-bond acceptors (Lipinski definition) is 6. The number of likely N-dealkylation sites (N-methyl/N-ethyl adjacent to an activating group) is 1. The smallest absolute Gasteiger partial charge is 0.270 e. The lowest BCUT2D eigenvalue weighted by molar-refractivity contribution is -0.131. The average molecular weight is 590 g/mol. The van der Waals surface area contributed by atoms with Gasteiger partial charge in [-0.05, 0) is 62.4 Å². The van der Waals surface area contributed by atoms with E-state index in [2.05, 4.69) is 15.6 Å². The minimum absolute atomic E-state index is 0.0531. The number of aryl methyl sites for hydroxylation is 1. The summed E-state index contributed by atoms with van der Waals surface area (Å²) in [6.07, 6.45) is -0.0531. The van der Waals surface area contributed by atoms with Crippen molar-refractivity contribution >= 4 is 34.5 Å². The normalized spacial score (nSPS) is 19.7. The molecule has 2 aromatic carbocycles. The Kier molecular flexibility index (Phi) is 8.61. The van der Waals surface area contributed by atoms with Gasteiger partial charge in [-0.1, -0.05) is 18.2 Å². The van der Waals surface area contributed by atoms with Crippen LogP contribution in [0.25, 0.3) is 10.9 Å². The van der Waals surface area contributed by atoms with Gasteiger partial charge in [0.05, 0.1) is 25.7 Å². The molecule has 3 atom stereocenters. The van der Waals surface area contributed by atoms with Crippen molar-refractivity contribution in [1.29, 1.82) is 0 Å². The lowest BCUT2D eigenvalue weighted by Gasteiger charge is -2.39. The Morgan fingerprint density at radius 3 is 2.40 bits per heavy atom. The number of ether oxygens (including phenoxy) is 2. The number of para-hydroxylation sites is 1. The van der Waals surface area contributed by atoms with Crippen molar-refractivity contribution in [2.75, 3.05) is 46.9 Å². The van der Waals surface area contributed by atoms with Crippen LogP contribution in [0.3, 0.4) is 0 Å². The Morgan fingerprint density at radius 1 is 0.977 bits per heavy atom. The van der Waals surface area contributed by atoms with Gasteiger partial charge in [0.25, 0.3) is 11.8 Å². The van der Waals surface area contributed by atoms with Crippen LogP contribution < -0.4 is 20.1 Å². The predicted octanol–water partition coefficient (Wildman–Crippen LogP) is 2.59. The van der Waals surface area contributed by atoms with Gasteiger partial charge in [0, 0.05) is 49.7 Å². The molecule has 4 amide bonds. The second kappa shape index (κ2) is 12.4. The minimum Gasteiger partial charge on any atom is -0.493 e. The molecule has 3 unspecified atom stereocenters. The summed E-state index contributed by atoms with van der Waals surface area (Å²) in [7, 11) is 3.04. The summed E-state index contributed by atoms with van der Waals surface area (Å²) in [4.78, 5) is 59.4. The molecule has 2 aliphatic heterocycles. The van der Waals surface area contributed by atoms with Crippen LogP contribution in [0.5, 0.6) is 11.5 Å². The number of amides is 4. The Hall–Kier alpha value is -4.54. The van der Waals surface area contributed by atoms with Crippen molar-refractivity contribution < 1.29 is 28.7 Å². The minimum atomic E-state index is -0.590. The van der Waals surface area contributed by atoms with Crippen LogP contribution in [0.1, 0.15) is 40.3 Å². The highest BCUT2D eigenvalue weighted by Crippen LogP contribution is 2.38. The molecule has 43 heavy (non-hydrogen) atoms. The number of benzene rings is 2. The van der Waals surface area contributed by atoms with Gasteiger partial charge < -0.3 is 34.9 Å². The number of aromatic nitrogens is 1. The molecule has 3 heterocycles. The van der Waals surface area contributed by atoms with E-state index < -0.39 is 5.92 Å². The number of rotatable bonds is 8. The zero-order valence-electron chi connectivity index (χ0n) is 25.2. The van der Waals surface area contributed by atoms with Gasteiger partial charge in [-0.2, -0.15) is 0 Å². The van der Waals surface area contributed by atoms with Crippen LogP contribution in [-0.2, 0) is 9.59 Å². The number of hydrogen-bond donors (Lipinski definition) is 3. The molecule has 0 bridgehead atoms. The molecule has 2 saturated heterocycles. The fourth-order valence-corrected chi connectivity index (χ4v) is 6.20. The van der Waals surface area contributed by atoms with Crippen LogP contribution >= 0.6 is 0 Å². The van der Waals surface area contributed by atoms with E-state index in [9.17, 15) is 19.2 Å². The summed E-state index contributed by atoms with van der Waals surface area (Å²) in [5.74, 6) is -0.870. The maximum atomic E-state index is 13.8. The fourth-order valence-electron chi connectivity index (χ4n) is 6.20. The first-order chi connectivity index (χ1) is 20.6. The summed E-state index contributed by atoms with van der Waals surface area (Å²) in [5, 5.41) is 6.17. The van der Waals surface area contributed by atoms with Gasteiger partial charge in [0.1, 0.15) is 5.69 Å². The number of methoxy groups -OCH3 is 1. The molecule has 2 fully saturated rings. The zero-order chi connectivity index (χ0) is 30.8. The second-order valence-corrected chi connectivity index (χ2v) is 11.6. The van der Waals surface area contributed by atoms with E-state index >= 15 is 0 Å². The second-order valence-electron chi connectivity index (χ2n) is 11.6. The van der Waals surface area contributed by atoms with E-state index in [1.54, 1.807) is 28.0 Å². The third-order valence-electron chi connectivity index (χ3n) is 8.36. The number of likely N-dealkylation sites (tertiary alicyclic amines) is 2. The quantitative estimate of drug-likeness (QED) is 0.370. The predicted molar refractivity (Wildman–Crippen MR) is 161 cm³/mol. The molecule has 1 aromatic heterocycles. The van der Waals surface area contributed by atoms with Crippen LogP contribution in [0.15, 0.2) is 42.5 Å². The van der Waals surface area contributed by atoms with E-state index in [-0.39, 0.29) is 54.7 Å². The number of carbonyl (C=O) groups is 4. The molecule has 5 rings (SSSR count). The lowest BCUT2D eigenvalue weighted by Crippen LogP contribution is -2.53.